The smallest absolute Gasteiger partial charge is 0.0737 e. The molecule has 1 aromatic rings. The van der Waals surface area contributed by atoms with Crippen LogP contribution in [0.15, 0.2) is 6.07 Å². The lowest BCUT2D eigenvalue weighted by molar-refractivity contribution is 0.109. The Hall–Kier alpha value is -0.930. The molecule has 0 N–H and O–H groups in total. The maximum atomic E-state index is 5.53. The number of nitrogens with zero attached hydrogens (tertiary/aromatic N) is 2. The van der Waals surface area contributed by atoms with Gasteiger partial charge in [0.15, 0.2) is 0 Å². The molecule has 0 atom stereocenters. The van der Waals surface area contributed by atoms with Crippen LogP contribution in [0.1, 0.15) is 29.4 Å². The van der Waals surface area contributed by atoms with Gasteiger partial charge in [0.1, 0.15) is 0 Å². The third-order valence-corrected chi connectivity index (χ3v) is 2.95. The highest BCUT2D eigenvalue weighted by Gasteiger charge is 2.16. The molecule has 0 radical (unpaired) electrons. The second-order valence-corrected chi connectivity index (χ2v) is 4.59. The maximum Gasteiger partial charge on any atom is 0.0737 e. The zero-order valence-corrected chi connectivity index (χ0v) is 10.4. The summed E-state index contributed by atoms with van der Waals surface area (Å²) in [5.74, 6) is 0. The molecule has 0 aromatic carbocycles. The van der Waals surface area contributed by atoms with Gasteiger partial charge in [0, 0.05) is 17.8 Å². The third kappa shape index (κ3) is 2.42. The van der Waals surface area contributed by atoms with Gasteiger partial charge in [0.2, 0.25) is 0 Å². The van der Waals surface area contributed by atoms with Gasteiger partial charge in [-0.2, -0.15) is 0 Å². The van der Waals surface area contributed by atoms with Crippen LogP contribution >= 0.6 is 0 Å². The summed E-state index contributed by atoms with van der Waals surface area (Å²) >= 11 is 0. The van der Waals surface area contributed by atoms with E-state index in [-0.39, 0.29) is 0 Å². The van der Waals surface area contributed by atoms with Crippen LogP contribution in [0.2, 0.25) is 0 Å². The van der Waals surface area contributed by atoms with E-state index in [4.69, 9.17) is 9.72 Å². The van der Waals surface area contributed by atoms with E-state index in [1.54, 1.807) is 0 Å². The van der Waals surface area contributed by atoms with Crippen LogP contribution in [0.5, 0.6) is 0 Å². The molecule has 0 unspecified atom stereocenters. The lowest BCUT2D eigenvalue weighted by Gasteiger charge is -2.22. The number of hydrogen-bond donors (Lipinski definition) is 0. The predicted octanol–water partition coefficient (Wildman–Crippen LogP) is 1.78. The first-order chi connectivity index (χ1) is 7.70. The van der Waals surface area contributed by atoms with Crippen molar-refractivity contribution in [2.24, 2.45) is 0 Å². The normalized spacial score (nSPS) is 15.2. The van der Waals surface area contributed by atoms with Crippen molar-refractivity contribution in [3.05, 3.63) is 28.6 Å². The first kappa shape index (κ1) is 11.6. The summed E-state index contributed by atoms with van der Waals surface area (Å²) < 4.78 is 5.53. The van der Waals surface area contributed by atoms with Gasteiger partial charge in [0.25, 0.3) is 0 Å². The fourth-order valence-corrected chi connectivity index (χ4v) is 2.11. The number of ether oxygens (including phenoxy) is 1. The molecule has 2 heterocycles. The minimum atomic E-state index is 0.732. The summed E-state index contributed by atoms with van der Waals surface area (Å²) in [6.07, 6.45) is 2.04. The van der Waals surface area contributed by atoms with Gasteiger partial charge in [0.05, 0.1) is 18.9 Å². The second kappa shape index (κ2) is 4.93. The van der Waals surface area contributed by atoms with Gasteiger partial charge in [-0.15, -0.1) is 0 Å². The standard InChI is InChI=1S/C13H20N2O/c1-4-11-7-10-5-6-16-9-12(10)13(14-11)8-15(2)3/h7H,4-6,8-9H2,1-3H3. The molecule has 1 aliphatic rings. The largest absolute Gasteiger partial charge is 0.376 e. The fourth-order valence-electron chi connectivity index (χ4n) is 2.11. The van der Waals surface area contributed by atoms with E-state index >= 15 is 0 Å². The number of aryl methyl sites for hydroxylation is 1. The van der Waals surface area contributed by atoms with Gasteiger partial charge in [-0.05, 0) is 38.6 Å². The molecular weight excluding hydrogens is 200 g/mol. The van der Waals surface area contributed by atoms with Crippen molar-refractivity contribution in [2.75, 3.05) is 20.7 Å². The Labute approximate surface area is 97.4 Å². The molecule has 0 saturated heterocycles. The maximum absolute atomic E-state index is 5.53. The summed E-state index contributed by atoms with van der Waals surface area (Å²) in [7, 11) is 4.16. The van der Waals surface area contributed by atoms with Gasteiger partial charge in [-0.3, -0.25) is 4.98 Å². The van der Waals surface area contributed by atoms with Crippen molar-refractivity contribution in [2.45, 2.75) is 32.9 Å². The van der Waals surface area contributed by atoms with E-state index < -0.39 is 0 Å². The third-order valence-electron chi connectivity index (χ3n) is 2.95. The number of rotatable bonds is 3. The molecule has 3 nitrogen and oxygen atoms in total. The van der Waals surface area contributed by atoms with Gasteiger partial charge in [-0.25, -0.2) is 0 Å². The number of hydrogen-bond acceptors (Lipinski definition) is 3. The van der Waals surface area contributed by atoms with Crippen molar-refractivity contribution in [3.63, 3.8) is 0 Å². The van der Waals surface area contributed by atoms with Crippen LogP contribution in [0, 0.1) is 0 Å². The second-order valence-electron chi connectivity index (χ2n) is 4.59. The van der Waals surface area contributed by atoms with E-state index in [9.17, 15) is 0 Å². The first-order valence-electron chi connectivity index (χ1n) is 5.93. The zero-order valence-electron chi connectivity index (χ0n) is 10.4. The van der Waals surface area contributed by atoms with Crippen molar-refractivity contribution in [3.8, 4) is 0 Å². The van der Waals surface area contributed by atoms with E-state index in [0.717, 1.165) is 32.6 Å². The quantitative estimate of drug-likeness (QED) is 0.776. The molecule has 1 aromatic heterocycles. The van der Waals surface area contributed by atoms with Crippen molar-refractivity contribution in [1.82, 2.24) is 9.88 Å². The molecule has 1 aliphatic heterocycles. The number of pyridine rings is 1. The highest BCUT2D eigenvalue weighted by Crippen LogP contribution is 2.21. The molecule has 88 valence electrons. The summed E-state index contributed by atoms with van der Waals surface area (Å²) in [5, 5.41) is 0. The molecule has 0 fully saturated rings. The predicted molar refractivity (Wildman–Crippen MR) is 64.4 cm³/mol. The zero-order chi connectivity index (χ0) is 11.5. The summed E-state index contributed by atoms with van der Waals surface area (Å²) in [5.41, 5.74) is 5.16. The Kier molecular flexibility index (Phi) is 3.56. The highest BCUT2D eigenvalue weighted by molar-refractivity contribution is 5.34. The molecule has 0 amide bonds. The van der Waals surface area contributed by atoms with Crippen molar-refractivity contribution < 1.29 is 4.74 Å². The SMILES string of the molecule is CCc1cc2c(c(CN(C)C)n1)COCC2. The lowest BCUT2D eigenvalue weighted by atomic mass is 10.00. The Balaban J connectivity index is 2.39. The molecule has 16 heavy (non-hydrogen) atoms. The highest BCUT2D eigenvalue weighted by atomic mass is 16.5. The van der Waals surface area contributed by atoms with Gasteiger partial charge >= 0.3 is 0 Å². The Morgan fingerprint density at radius 2 is 2.25 bits per heavy atom. The monoisotopic (exact) mass is 220 g/mol. The Morgan fingerprint density at radius 3 is 2.94 bits per heavy atom. The fraction of sp³-hybridized carbons (Fsp3) is 0.615. The minimum Gasteiger partial charge on any atom is -0.376 e. The topological polar surface area (TPSA) is 25.4 Å². The molecule has 3 heteroatoms. The van der Waals surface area contributed by atoms with Gasteiger partial charge < -0.3 is 9.64 Å². The number of aromatic nitrogens is 1. The average molecular weight is 220 g/mol. The Bertz CT molecular complexity index is 374. The van der Waals surface area contributed by atoms with Crippen LogP contribution in [0.3, 0.4) is 0 Å². The van der Waals surface area contributed by atoms with Crippen LogP contribution in [0.25, 0.3) is 0 Å². The van der Waals surface area contributed by atoms with Crippen LogP contribution in [-0.4, -0.2) is 30.6 Å². The molecule has 0 aliphatic carbocycles. The van der Waals surface area contributed by atoms with Crippen LogP contribution in [-0.2, 0) is 30.7 Å². The summed E-state index contributed by atoms with van der Waals surface area (Å²) in [6.45, 7) is 4.64. The first-order valence-corrected chi connectivity index (χ1v) is 5.93. The Morgan fingerprint density at radius 1 is 1.44 bits per heavy atom. The molecular formula is C13H20N2O. The van der Waals surface area contributed by atoms with Crippen molar-refractivity contribution >= 4 is 0 Å². The lowest BCUT2D eigenvalue weighted by Crippen LogP contribution is -2.19. The summed E-state index contributed by atoms with van der Waals surface area (Å²) in [6, 6.07) is 2.25. The summed E-state index contributed by atoms with van der Waals surface area (Å²) in [4.78, 5) is 6.89. The molecule has 0 saturated carbocycles. The van der Waals surface area contributed by atoms with Crippen molar-refractivity contribution in [1.29, 1.82) is 0 Å². The average Bonchev–Trinajstić information content (AvgIpc) is 2.28. The van der Waals surface area contributed by atoms with Crippen LogP contribution in [0.4, 0.5) is 0 Å². The molecule has 2 rings (SSSR count). The van der Waals surface area contributed by atoms with Gasteiger partial charge in [-0.1, -0.05) is 6.92 Å². The molecule has 0 bridgehead atoms. The minimum absolute atomic E-state index is 0.732. The van der Waals surface area contributed by atoms with Crippen LogP contribution < -0.4 is 0 Å². The number of fused-ring (bicyclic) bond motifs is 1. The van der Waals surface area contributed by atoms with E-state index in [1.165, 1.54) is 22.5 Å². The molecule has 0 spiro atoms. The van der Waals surface area contributed by atoms with E-state index in [1.807, 2.05) is 0 Å². The van der Waals surface area contributed by atoms with E-state index in [0.29, 0.717) is 0 Å². The van der Waals surface area contributed by atoms with E-state index in [2.05, 4.69) is 32.0 Å².